The molecule has 3 heterocycles. The van der Waals surface area contributed by atoms with Crippen LogP contribution in [0.25, 0.3) is 6.08 Å². The fourth-order valence-electron chi connectivity index (χ4n) is 2.80. The summed E-state index contributed by atoms with van der Waals surface area (Å²) in [6.07, 6.45) is 5.18. The van der Waals surface area contributed by atoms with E-state index in [2.05, 4.69) is 4.98 Å². The summed E-state index contributed by atoms with van der Waals surface area (Å²) in [4.78, 5) is 29.6. The van der Waals surface area contributed by atoms with E-state index in [0.717, 1.165) is 10.4 Å². The number of nitrogens with zero attached hydrogens (tertiary/aromatic N) is 1. The summed E-state index contributed by atoms with van der Waals surface area (Å²) in [5.74, 6) is 0.523. The lowest BCUT2D eigenvalue weighted by molar-refractivity contribution is -0.133. The lowest BCUT2D eigenvalue weighted by Gasteiger charge is -2.09. The maximum Gasteiger partial charge on any atom is 0.316 e. The first-order valence-corrected chi connectivity index (χ1v) is 9.21. The Hall–Kier alpha value is -3.25. The number of carbonyl (C=O) groups is 2. The van der Waals surface area contributed by atoms with Gasteiger partial charge in [0.2, 0.25) is 5.78 Å². The Morgan fingerprint density at radius 3 is 2.78 bits per heavy atom. The minimum absolute atomic E-state index is 0.193. The number of thiophene rings is 1. The van der Waals surface area contributed by atoms with Crippen LogP contribution in [0.15, 0.2) is 59.9 Å². The SMILES string of the molecule is Cc1c(OC(=O)Cc2cccs2)ccc2c1O/C(=C\c1ccncc1)C2=O. The molecule has 5 nitrogen and oxygen atoms in total. The van der Waals surface area contributed by atoms with Crippen LogP contribution in [0.5, 0.6) is 11.5 Å². The third-order valence-corrected chi connectivity index (χ3v) is 5.04. The van der Waals surface area contributed by atoms with Crippen LogP contribution in [0.4, 0.5) is 0 Å². The zero-order chi connectivity index (χ0) is 18.8. The third-order valence-electron chi connectivity index (χ3n) is 4.16. The van der Waals surface area contributed by atoms with Crippen LogP contribution in [0, 0.1) is 6.92 Å². The number of pyridine rings is 1. The molecule has 3 aromatic rings. The molecule has 0 saturated heterocycles. The molecule has 1 aliphatic rings. The highest BCUT2D eigenvalue weighted by Crippen LogP contribution is 2.39. The monoisotopic (exact) mass is 377 g/mol. The van der Waals surface area contributed by atoms with Gasteiger partial charge in [0.25, 0.3) is 0 Å². The van der Waals surface area contributed by atoms with Crippen molar-refractivity contribution in [2.45, 2.75) is 13.3 Å². The highest BCUT2D eigenvalue weighted by atomic mass is 32.1. The second-order valence-electron chi connectivity index (χ2n) is 6.02. The van der Waals surface area contributed by atoms with Crippen molar-refractivity contribution in [1.82, 2.24) is 4.98 Å². The van der Waals surface area contributed by atoms with Crippen molar-refractivity contribution in [2.75, 3.05) is 0 Å². The predicted molar refractivity (Wildman–Crippen MR) is 102 cm³/mol. The molecule has 27 heavy (non-hydrogen) atoms. The van der Waals surface area contributed by atoms with Crippen molar-refractivity contribution in [3.8, 4) is 11.5 Å². The second-order valence-corrected chi connectivity index (χ2v) is 7.05. The number of benzene rings is 1. The molecule has 0 fully saturated rings. The number of hydrogen-bond acceptors (Lipinski definition) is 6. The third kappa shape index (κ3) is 3.52. The molecular formula is C21H15NO4S. The van der Waals surface area contributed by atoms with Gasteiger partial charge in [0.05, 0.1) is 12.0 Å². The first kappa shape index (κ1) is 17.2. The van der Waals surface area contributed by atoms with E-state index in [1.165, 1.54) is 11.3 Å². The van der Waals surface area contributed by atoms with Crippen LogP contribution in [0.2, 0.25) is 0 Å². The highest BCUT2D eigenvalue weighted by molar-refractivity contribution is 7.10. The van der Waals surface area contributed by atoms with Crippen molar-refractivity contribution in [3.63, 3.8) is 0 Å². The van der Waals surface area contributed by atoms with E-state index in [0.29, 0.717) is 22.6 Å². The van der Waals surface area contributed by atoms with Crippen LogP contribution in [-0.4, -0.2) is 16.7 Å². The molecule has 134 valence electrons. The van der Waals surface area contributed by atoms with Crippen molar-refractivity contribution >= 4 is 29.2 Å². The number of ketones is 1. The summed E-state index contributed by atoms with van der Waals surface area (Å²) < 4.78 is 11.3. The van der Waals surface area contributed by atoms with Crippen LogP contribution in [-0.2, 0) is 11.2 Å². The Morgan fingerprint density at radius 1 is 1.22 bits per heavy atom. The first-order chi connectivity index (χ1) is 13.1. The Morgan fingerprint density at radius 2 is 2.04 bits per heavy atom. The summed E-state index contributed by atoms with van der Waals surface area (Å²) in [5.41, 5.74) is 1.91. The number of ether oxygens (including phenoxy) is 2. The Balaban J connectivity index is 1.57. The molecule has 6 heteroatoms. The number of allylic oxidation sites excluding steroid dienone is 1. The number of aromatic nitrogens is 1. The average Bonchev–Trinajstić information content (AvgIpc) is 3.28. The van der Waals surface area contributed by atoms with Gasteiger partial charge in [-0.2, -0.15) is 0 Å². The van der Waals surface area contributed by atoms with E-state index in [9.17, 15) is 9.59 Å². The molecule has 0 amide bonds. The normalized spacial score (nSPS) is 14.1. The van der Waals surface area contributed by atoms with Crippen LogP contribution in [0.3, 0.4) is 0 Å². The highest BCUT2D eigenvalue weighted by Gasteiger charge is 2.30. The average molecular weight is 377 g/mol. The minimum Gasteiger partial charge on any atom is -0.452 e. The second kappa shape index (κ2) is 7.17. The number of carbonyl (C=O) groups excluding carboxylic acids is 2. The molecule has 2 aromatic heterocycles. The topological polar surface area (TPSA) is 65.5 Å². The fourth-order valence-corrected chi connectivity index (χ4v) is 3.49. The van der Waals surface area contributed by atoms with Crippen LogP contribution < -0.4 is 9.47 Å². The van der Waals surface area contributed by atoms with Crippen molar-refractivity contribution in [3.05, 3.63) is 81.5 Å². The summed E-state index contributed by atoms with van der Waals surface area (Å²) >= 11 is 1.51. The van der Waals surface area contributed by atoms with Gasteiger partial charge in [-0.05, 0) is 54.3 Å². The predicted octanol–water partition coefficient (Wildman–Crippen LogP) is 4.22. The largest absolute Gasteiger partial charge is 0.452 e. The van der Waals surface area contributed by atoms with Crippen molar-refractivity contribution in [2.24, 2.45) is 0 Å². The lowest BCUT2D eigenvalue weighted by atomic mass is 10.1. The van der Waals surface area contributed by atoms with Gasteiger partial charge < -0.3 is 9.47 Å². The molecule has 1 aliphatic heterocycles. The first-order valence-electron chi connectivity index (χ1n) is 8.33. The van der Waals surface area contributed by atoms with Gasteiger partial charge in [-0.1, -0.05) is 6.07 Å². The van der Waals surface area contributed by atoms with Gasteiger partial charge in [0.1, 0.15) is 11.5 Å². The number of rotatable bonds is 4. The standard InChI is InChI=1S/C21H15NO4S/c1-13-17(25-19(23)12-15-3-2-10-27-15)5-4-16-20(24)18(26-21(13)16)11-14-6-8-22-9-7-14/h2-11H,12H2,1H3/b18-11-. The Labute approximate surface area is 159 Å². The molecule has 0 atom stereocenters. The summed E-state index contributed by atoms with van der Waals surface area (Å²) in [6.45, 7) is 1.77. The molecule has 0 unspecified atom stereocenters. The summed E-state index contributed by atoms with van der Waals surface area (Å²) in [7, 11) is 0. The zero-order valence-corrected chi connectivity index (χ0v) is 15.3. The smallest absolute Gasteiger partial charge is 0.316 e. The number of fused-ring (bicyclic) bond motifs is 1. The van der Waals surface area contributed by atoms with Gasteiger partial charge in [-0.25, -0.2) is 0 Å². The van der Waals surface area contributed by atoms with Crippen LogP contribution in [0.1, 0.15) is 26.4 Å². The van der Waals surface area contributed by atoms with Crippen molar-refractivity contribution < 1.29 is 19.1 Å². The van der Waals surface area contributed by atoms with Crippen LogP contribution >= 0.6 is 11.3 Å². The van der Waals surface area contributed by atoms with E-state index < -0.39 is 0 Å². The van der Waals surface area contributed by atoms with Gasteiger partial charge in [-0.3, -0.25) is 14.6 Å². The quantitative estimate of drug-likeness (QED) is 0.387. The number of Topliss-reactive ketones (excluding diaryl/α,β-unsaturated/α-hetero) is 1. The summed E-state index contributed by atoms with van der Waals surface area (Å²) in [6, 6.07) is 10.6. The van der Waals surface area contributed by atoms with E-state index in [1.54, 1.807) is 49.7 Å². The molecule has 0 spiro atoms. The molecule has 0 bridgehead atoms. The van der Waals surface area contributed by atoms with Gasteiger partial charge >= 0.3 is 5.97 Å². The molecule has 0 radical (unpaired) electrons. The van der Waals surface area contributed by atoms with Gasteiger partial charge in [-0.15, -0.1) is 11.3 Å². The molecule has 0 saturated carbocycles. The minimum atomic E-state index is -0.350. The maximum absolute atomic E-state index is 12.6. The molecular weight excluding hydrogens is 362 g/mol. The van der Waals surface area contributed by atoms with E-state index in [-0.39, 0.29) is 23.9 Å². The molecule has 1 aromatic carbocycles. The lowest BCUT2D eigenvalue weighted by Crippen LogP contribution is -2.11. The Bertz CT molecular complexity index is 1040. The van der Waals surface area contributed by atoms with E-state index in [1.807, 2.05) is 17.5 Å². The Kier molecular flexibility index (Phi) is 4.56. The molecule has 4 rings (SSSR count). The van der Waals surface area contributed by atoms with Gasteiger partial charge in [0.15, 0.2) is 5.76 Å². The van der Waals surface area contributed by atoms with E-state index in [4.69, 9.17) is 9.47 Å². The molecule has 0 N–H and O–H groups in total. The van der Waals surface area contributed by atoms with Crippen molar-refractivity contribution in [1.29, 1.82) is 0 Å². The van der Waals surface area contributed by atoms with E-state index >= 15 is 0 Å². The molecule has 0 aliphatic carbocycles. The van der Waals surface area contributed by atoms with Gasteiger partial charge in [0, 0.05) is 22.8 Å². The summed E-state index contributed by atoms with van der Waals surface area (Å²) in [5, 5.41) is 1.92. The maximum atomic E-state index is 12.6. The number of hydrogen-bond donors (Lipinski definition) is 0. The number of esters is 1. The fraction of sp³-hybridized carbons (Fsp3) is 0.0952. The zero-order valence-electron chi connectivity index (χ0n) is 14.5.